The van der Waals surface area contributed by atoms with Crippen molar-refractivity contribution in [3.05, 3.63) is 91.0 Å². The molecule has 5 heteroatoms. The van der Waals surface area contributed by atoms with Gasteiger partial charge in [-0.3, -0.25) is 13.6 Å². The van der Waals surface area contributed by atoms with Crippen LogP contribution in [0.25, 0.3) is 0 Å². The van der Waals surface area contributed by atoms with Gasteiger partial charge in [-0.25, -0.2) is 0 Å². The Morgan fingerprint density at radius 2 is 0.833 bits per heavy atom. The molecule has 3 aromatic carbocycles. The van der Waals surface area contributed by atoms with Gasteiger partial charge in [0.15, 0.2) is 17.2 Å². The van der Waals surface area contributed by atoms with Crippen molar-refractivity contribution in [3.8, 4) is 17.2 Å². The molecule has 0 bridgehead atoms. The number of hydrogen-bond acceptors (Lipinski definition) is 3. The van der Waals surface area contributed by atoms with Crippen molar-refractivity contribution in [2.45, 2.75) is 0 Å². The molecular formula is C19H17IO3P+. The van der Waals surface area contributed by atoms with Crippen molar-refractivity contribution in [1.82, 2.24) is 0 Å². The van der Waals surface area contributed by atoms with Gasteiger partial charge in [0.1, 0.15) is 0 Å². The molecule has 3 rings (SSSR count). The number of halogens is 1. The van der Waals surface area contributed by atoms with E-state index in [1.54, 1.807) is 0 Å². The maximum absolute atomic E-state index is 6.22. The second kappa shape index (κ2) is 8.36. The van der Waals surface area contributed by atoms with Gasteiger partial charge in [-0.2, -0.15) is 0 Å². The monoisotopic (exact) mass is 451 g/mol. The third-order valence-corrected chi connectivity index (χ3v) is 7.38. The van der Waals surface area contributed by atoms with Crippen molar-refractivity contribution in [1.29, 1.82) is 0 Å². The van der Waals surface area contributed by atoms with Gasteiger partial charge >= 0.3 is 7.94 Å². The molecule has 3 aromatic rings. The van der Waals surface area contributed by atoms with Gasteiger partial charge in [-0.15, -0.1) is 0 Å². The normalized spacial score (nSPS) is 10.9. The Labute approximate surface area is 156 Å². The van der Waals surface area contributed by atoms with Gasteiger partial charge in [-0.05, 0) is 59.0 Å². The molecular weight excluding hydrogens is 434 g/mol. The summed E-state index contributed by atoms with van der Waals surface area (Å²) in [5.74, 6) is 2.19. The lowest BCUT2D eigenvalue weighted by Crippen LogP contribution is -2.16. The highest BCUT2D eigenvalue weighted by Crippen LogP contribution is 2.61. The summed E-state index contributed by atoms with van der Waals surface area (Å²) in [6.45, 7) is 0. The number of rotatable bonds is 7. The first-order valence-electron chi connectivity index (χ1n) is 7.48. The van der Waals surface area contributed by atoms with Crippen LogP contribution in [0.3, 0.4) is 0 Å². The zero-order valence-electron chi connectivity index (χ0n) is 12.9. The minimum absolute atomic E-state index is 0.587. The maximum atomic E-state index is 6.22. The molecule has 3 nitrogen and oxygen atoms in total. The van der Waals surface area contributed by atoms with E-state index in [1.807, 2.05) is 91.0 Å². The Kier molecular flexibility index (Phi) is 5.94. The summed E-state index contributed by atoms with van der Waals surface area (Å²) in [7, 11) is -2.66. The summed E-state index contributed by atoms with van der Waals surface area (Å²) in [4.78, 5) is 0. The quantitative estimate of drug-likeness (QED) is 0.237. The van der Waals surface area contributed by atoms with Crippen LogP contribution in [0.1, 0.15) is 0 Å². The van der Waals surface area contributed by atoms with E-state index in [0.717, 1.165) is 17.2 Å². The van der Waals surface area contributed by atoms with Crippen molar-refractivity contribution in [3.63, 3.8) is 0 Å². The molecule has 0 spiro atoms. The molecule has 0 aromatic heterocycles. The van der Waals surface area contributed by atoms with E-state index < -0.39 is 7.94 Å². The zero-order chi connectivity index (χ0) is 16.7. The summed E-state index contributed by atoms with van der Waals surface area (Å²) in [6, 6.07) is 28.9. The van der Waals surface area contributed by atoms with Crippen LogP contribution in [0.4, 0.5) is 0 Å². The van der Waals surface area contributed by atoms with Crippen LogP contribution in [-0.2, 0) is 0 Å². The Morgan fingerprint density at radius 1 is 0.542 bits per heavy atom. The van der Waals surface area contributed by atoms with Gasteiger partial charge in [-0.1, -0.05) is 54.6 Å². The minimum atomic E-state index is -2.66. The fourth-order valence-electron chi connectivity index (χ4n) is 2.05. The van der Waals surface area contributed by atoms with Crippen LogP contribution in [0.2, 0.25) is 0 Å². The Balaban J connectivity index is 1.91. The first-order chi connectivity index (χ1) is 11.8. The van der Waals surface area contributed by atoms with Crippen LogP contribution in [0, 0.1) is 0 Å². The fraction of sp³-hybridized carbons (Fsp3) is 0.0526. The number of para-hydroxylation sites is 3. The summed E-state index contributed by atoms with van der Waals surface area (Å²) >= 11 is 2.26. The smallest absolute Gasteiger partial charge is 0.271 e. The third kappa shape index (κ3) is 4.62. The van der Waals surface area contributed by atoms with E-state index >= 15 is 0 Å². The third-order valence-electron chi connectivity index (χ3n) is 3.11. The highest BCUT2D eigenvalue weighted by atomic mass is 127. The molecule has 0 amide bonds. The van der Waals surface area contributed by atoms with Gasteiger partial charge in [0.05, 0.1) is 0 Å². The van der Waals surface area contributed by atoms with E-state index in [-0.39, 0.29) is 0 Å². The summed E-state index contributed by atoms with van der Waals surface area (Å²) in [5, 5.41) is 0. The largest absolute Gasteiger partial charge is 0.551 e. The number of alkyl halides is 1. The van der Waals surface area contributed by atoms with E-state index in [2.05, 4.69) is 22.6 Å². The van der Waals surface area contributed by atoms with Crippen LogP contribution in [0.15, 0.2) is 91.0 Å². The van der Waals surface area contributed by atoms with Gasteiger partial charge < -0.3 is 0 Å². The lowest BCUT2D eigenvalue weighted by atomic mass is 10.3. The van der Waals surface area contributed by atoms with E-state index in [0.29, 0.717) is 4.17 Å². The molecule has 0 aliphatic carbocycles. The van der Waals surface area contributed by atoms with Crippen molar-refractivity contribution < 1.29 is 13.6 Å². The Bertz CT molecular complexity index is 637. The highest BCUT2D eigenvalue weighted by molar-refractivity contribution is 14.1. The molecule has 122 valence electrons. The molecule has 0 N–H and O–H groups in total. The molecule has 0 aliphatic rings. The molecule has 0 aliphatic heterocycles. The average Bonchev–Trinajstić information content (AvgIpc) is 2.64. The second-order valence-corrected chi connectivity index (χ2v) is 9.00. The van der Waals surface area contributed by atoms with Crippen LogP contribution in [0.5, 0.6) is 17.2 Å². The first kappa shape index (κ1) is 17.1. The first-order valence-corrected chi connectivity index (χ1v) is 10.7. The molecule has 0 saturated heterocycles. The predicted molar refractivity (Wildman–Crippen MR) is 107 cm³/mol. The summed E-state index contributed by atoms with van der Waals surface area (Å²) in [6.07, 6.45) is 0. The topological polar surface area (TPSA) is 27.7 Å². The Morgan fingerprint density at radius 3 is 1.08 bits per heavy atom. The van der Waals surface area contributed by atoms with Crippen LogP contribution >= 0.6 is 30.5 Å². The van der Waals surface area contributed by atoms with Crippen molar-refractivity contribution >= 4 is 30.5 Å². The standard InChI is InChI=1S/C19H17IO3P/c20-16-24(21-17-10-4-1-5-11-17,22-18-12-6-2-7-13-18)23-19-14-8-3-9-15-19/h1-15H,16H2/q+1. The lowest BCUT2D eigenvalue weighted by Gasteiger charge is -2.21. The van der Waals surface area contributed by atoms with E-state index in [4.69, 9.17) is 13.6 Å². The second-order valence-electron chi connectivity index (χ2n) is 4.94. The molecule has 0 heterocycles. The summed E-state index contributed by atoms with van der Waals surface area (Å²) < 4.78 is 19.2. The molecule has 0 unspecified atom stereocenters. The van der Waals surface area contributed by atoms with Gasteiger partial charge in [0.25, 0.3) is 0 Å². The summed E-state index contributed by atoms with van der Waals surface area (Å²) in [5.41, 5.74) is 0. The molecule has 0 radical (unpaired) electrons. The van der Waals surface area contributed by atoms with Crippen LogP contribution in [-0.4, -0.2) is 4.17 Å². The van der Waals surface area contributed by atoms with E-state index in [1.165, 1.54) is 0 Å². The average molecular weight is 451 g/mol. The zero-order valence-corrected chi connectivity index (χ0v) is 16.0. The van der Waals surface area contributed by atoms with Crippen molar-refractivity contribution in [2.75, 3.05) is 4.17 Å². The van der Waals surface area contributed by atoms with Gasteiger partial charge in [0.2, 0.25) is 4.17 Å². The lowest BCUT2D eigenvalue weighted by molar-refractivity contribution is 0.362. The van der Waals surface area contributed by atoms with Crippen LogP contribution < -0.4 is 13.6 Å². The van der Waals surface area contributed by atoms with E-state index in [9.17, 15) is 0 Å². The maximum Gasteiger partial charge on any atom is 0.551 e. The fourth-order valence-corrected chi connectivity index (χ4v) is 4.90. The number of hydrogen-bond donors (Lipinski definition) is 0. The SMILES string of the molecule is IC[P+](Oc1ccccc1)(Oc1ccccc1)Oc1ccccc1. The predicted octanol–water partition coefficient (Wildman–Crippen LogP) is 6.38. The minimum Gasteiger partial charge on any atom is -0.271 e. The molecule has 0 atom stereocenters. The van der Waals surface area contributed by atoms with Gasteiger partial charge in [0, 0.05) is 0 Å². The highest BCUT2D eigenvalue weighted by Gasteiger charge is 2.49. The molecule has 24 heavy (non-hydrogen) atoms. The Hall–Kier alpha value is -1.78. The number of benzene rings is 3. The molecule has 0 saturated carbocycles. The van der Waals surface area contributed by atoms with Crippen molar-refractivity contribution in [2.24, 2.45) is 0 Å². The molecule has 0 fully saturated rings.